The highest BCUT2D eigenvalue weighted by Crippen LogP contribution is 2.26. The largest absolute Gasteiger partial charge is 0.475 e. The highest BCUT2D eigenvalue weighted by molar-refractivity contribution is 5.68. The van der Waals surface area contributed by atoms with Crippen molar-refractivity contribution in [1.29, 1.82) is 5.26 Å². The second-order valence-electron chi connectivity index (χ2n) is 10.1. The van der Waals surface area contributed by atoms with Crippen molar-refractivity contribution in [2.24, 2.45) is 0 Å². The maximum Gasteiger partial charge on any atom is 0.407 e. The molecule has 212 valence electrons. The summed E-state index contributed by atoms with van der Waals surface area (Å²) in [5, 5.41) is 18.6. The molecule has 3 N–H and O–H groups in total. The number of methoxy groups -OCH3 is 1. The number of amides is 1. The van der Waals surface area contributed by atoms with Gasteiger partial charge in [-0.1, -0.05) is 30.3 Å². The van der Waals surface area contributed by atoms with Crippen LogP contribution in [-0.4, -0.2) is 54.1 Å². The van der Waals surface area contributed by atoms with Crippen molar-refractivity contribution >= 4 is 23.4 Å². The van der Waals surface area contributed by atoms with Gasteiger partial charge in [0.1, 0.15) is 18.3 Å². The van der Waals surface area contributed by atoms with Crippen molar-refractivity contribution in [2.45, 2.75) is 51.8 Å². The fraction of sp³-hybridized carbons (Fsp3) is 0.379. The molecule has 40 heavy (non-hydrogen) atoms. The summed E-state index contributed by atoms with van der Waals surface area (Å²) in [6, 6.07) is 15.1. The van der Waals surface area contributed by atoms with Gasteiger partial charge < -0.3 is 30.2 Å². The minimum Gasteiger partial charge on any atom is -0.475 e. The Kier molecular flexibility index (Phi) is 10.6. The molecule has 1 aromatic carbocycles. The van der Waals surface area contributed by atoms with Crippen LogP contribution in [-0.2, 0) is 15.9 Å². The molecular formula is C29H35FN6O4. The first kappa shape index (κ1) is 30.1. The number of halogens is 1. The van der Waals surface area contributed by atoms with Crippen LogP contribution >= 0.6 is 0 Å². The smallest absolute Gasteiger partial charge is 0.407 e. The Morgan fingerprint density at radius 1 is 1.12 bits per heavy atom. The average Bonchev–Trinajstić information content (AvgIpc) is 2.89. The Labute approximate surface area is 233 Å². The van der Waals surface area contributed by atoms with E-state index in [1.54, 1.807) is 53.1 Å². The number of nitrogens with one attached hydrogen (secondary N) is 3. The van der Waals surface area contributed by atoms with Crippen LogP contribution in [0.5, 0.6) is 5.88 Å². The van der Waals surface area contributed by atoms with E-state index in [1.165, 1.54) is 0 Å². The Balaban J connectivity index is 1.86. The zero-order valence-electron chi connectivity index (χ0n) is 23.3. The van der Waals surface area contributed by atoms with Crippen LogP contribution in [0.2, 0.25) is 0 Å². The van der Waals surface area contributed by atoms with Gasteiger partial charge in [-0.3, -0.25) is 0 Å². The predicted molar refractivity (Wildman–Crippen MR) is 150 cm³/mol. The van der Waals surface area contributed by atoms with E-state index >= 15 is 4.39 Å². The highest BCUT2D eigenvalue weighted by Gasteiger charge is 2.25. The molecule has 2 atom stereocenters. The van der Waals surface area contributed by atoms with Crippen molar-refractivity contribution in [3.8, 4) is 11.9 Å². The van der Waals surface area contributed by atoms with E-state index in [-0.39, 0.29) is 17.2 Å². The van der Waals surface area contributed by atoms with Gasteiger partial charge in [0, 0.05) is 31.1 Å². The molecule has 1 amide bonds. The first-order chi connectivity index (χ1) is 19.1. The molecule has 0 fully saturated rings. The van der Waals surface area contributed by atoms with Gasteiger partial charge in [-0.2, -0.15) is 5.26 Å². The molecule has 0 unspecified atom stereocenters. The number of hydrogen-bond donors (Lipinski definition) is 3. The number of aromatic nitrogens is 2. The fourth-order valence-electron chi connectivity index (χ4n) is 3.69. The SMILES string of the molecule is COCCOc1cc(Nc2nc(N[C@H](Cc3ccccc3)[C@H](C)NC(=O)OC(C)(C)C)c(F)cc2C#N)ccn1. The molecule has 0 aliphatic carbocycles. The first-order valence-corrected chi connectivity index (χ1v) is 12.8. The second-order valence-corrected chi connectivity index (χ2v) is 10.1. The monoisotopic (exact) mass is 550 g/mol. The van der Waals surface area contributed by atoms with Crippen LogP contribution in [0.1, 0.15) is 38.8 Å². The molecule has 2 heterocycles. The maximum absolute atomic E-state index is 15.2. The summed E-state index contributed by atoms with van der Waals surface area (Å²) in [6.07, 6.45) is 1.41. The van der Waals surface area contributed by atoms with Crippen molar-refractivity contribution in [1.82, 2.24) is 15.3 Å². The van der Waals surface area contributed by atoms with Crippen molar-refractivity contribution < 1.29 is 23.4 Å². The number of pyridine rings is 2. The molecule has 0 aliphatic heterocycles. The summed E-state index contributed by atoms with van der Waals surface area (Å²) in [4.78, 5) is 21.0. The van der Waals surface area contributed by atoms with Crippen LogP contribution in [0.3, 0.4) is 0 Å². The molecule has 2 aromatic heterocycles. The third-order valence-corrected chi connectivity index (χ3v) is 5.60. The number of carbonyl (C=O) groups is 1. The molecule has 0 spiro atoms. The lowest BCUT2D eigenvalue weighted by Gasteiger charge is -2.28. The summed E-state index contributed by atoms with van der Waals surface area (Å²) >= 11 is 0. The third-order valence-electron chi connectivity index (χ3n) is 5.60. The van der Waals surface area contributed by atoms with Gasteiger partial charge in [0.25, 0.3) is 0 Å². The number of nitriles is 1. The number of alkyl carbamates (subject to hydrolysis) is 1. The Bertz CT molecular complexity index is 1310. The molecule has 0 aliphatic rings. The highest BCUT2D eigenvalue weighted by atomic mass is 19.1. The van der Waals surface area contributed by atoms with Crippen LogP contribution in [0, 0.1) is 17.1 Å². The van der Waals surface area contributed by atoms with E-state index in [1.807, 2.05) is 36.4 Å². The lowest BCUT2D eigenvalue weighted by atomic mass is 10.0. The lowest BCUT2D eigenvalue weighted by molar-refractivity contribution is 0.0503. The first-order valence-electron chi connectivity index (χ1n) is 12.8. The molecule has 11 heteroatoms. The number of nitrogens with zero attached hydrogens (tertiary/aromatic N) is 3. The number of benzene rings is 1. The molecule has 3 aromatic rings. The number of ether oxygens (including phenoxy) is 3. The topological polar surface area (TPSA) is 130 Å². The zero-order chi connectivity index (χ0) is 29.1. The van der Waals surface area contributed by atoms with Gasteiger partial charge in [-0.05, 0) is 51.8 Å². The van der Waals surface area contributed by atoms with Gasteiger partial charge in [0.2, 0.25) is 5.88 Å². The summed E-state index contributed by atoms with van der Waals surface area (Å²) in [5.74, 6) is -0.286. The number of carbonyl (C=O) groups excluding carboxylic acids is 1. The summed E-state index contributed by atoms with van der Waals surface area (Å²) in [7, 11) is 1.57. The normalized spacial score (nSPS) is 12.5. The number of rotatable bonds is 12. The summed E-state index contributed by atoms with van der Waals surface area (Å²) in [6.45, 7) is 7.85. The quantitative estimate of drug-likeness (QED) is 0.261. The average molecular weight is 551 g/mol. The van der Waals surface area contributed by atoms with Gasteiger partial charge in [-0.15, -0.1) is 0 Å². The molecule has 3 rings (SSSR count). The van der Waals surface area contributed by atoms with E-state index in [9.17, 15) is 10.1 Å². The van der Waals surface area contributed by atoms with Gasteiger partial charge in [0.05, 0.1) is 18.2 Å². The molecule has 0 bridgehead atoms. The third kappa shape index (κ3) is 9.39. The standard InChI is InChI=1S/C29H35FN6O4/c1-19(33-28(37)40-29(2,3)4)24(15-20-9-7-6-8-10-20)35-27-23(30)16-21(18-31)26(36-27)34-22-11-12-32-25(17-22)39-14-13-38-5/h6-12,16-17,19,24H,13-15H2,1-5H3,(H,33,37)(H2,32,34,35,36)/t19-,24+/m0/s1. The number of anilines is 3. The van der Waals surface area contributed by atoms with E-state index in [0.29, 0.717) is 31.2 Å². The van der Waals surface area contributed by atoms with Crippen LogP contribution in [0.4, 0.5) is 26.5 Å². The Hall–Kier alpha value is -4.43. The van der Waals surface area contributed by atoms with E-state index in [2.05, 4.69) is 25.9 Å². The predicted octanol–water partition coefficient (Wildman–Crippen LogP) is 5.19. The molecular weight excluding hydrogens is 515 g/mol. The van der Waals surface area contributed by atoms with Crippen LogP contribution in [0.15, 0.2) is 54.7 Å². The van der Waals surface area contributed by atoms with E-state index in [0.717, 1.165) is 11.6 Å². The minimum absolute atomic E-state index is 0.0150. The zero-order valence-corrected chi connectivity index (χ0v) is 23.3. The van der Waals surface area contributed by atoms with Crippen molar-refractivity contribution in [2.75, 3.05) is 31.0 Å². The Morgan fingerprint density at radius 2 is 1.88 bits per heavy atom. The molecule has 10 nitrogen and oxygen atoms in total. The van der Waals surface area contributed by atoms with Crippen LogP contribution < -0.4 is 20.7 Å². The van der Waals surface area contributed by atoms with E-state index < -0.39 is 29.6 Å². The number of hydrogen-bond acceptors (Lipinski definition) is 9. The molecule has 0 radical (unpaired) electrons. The molecule has 0 saturated heterocycles. The van der Waals surface area contributed by atoms with Gasteiger partial charge in [-0.25, -0.2) is 19.2 Å². The lowest BCUT2D eigenvalue weighted by Crippen LogP contribution is -2.47. The van der Waals surface area contributed by atoms with Gasteiger partial charge in [0.15, 0.2) is 17.5 Å². The minimum atomic E-state index is -0.706. The summed E-state index contributed by atoms with van der Waals surface area (Å²) < 4.78 is 31.1. The summed E-state index contributed by atoms with van der Waals surface area (Å²) in [5.41, 5.74) is 0.865. The molecule has 0 saturated carbocycles. The van der Waals surface area contributed by atoms with E-state index in [4.69, 9.17) is 14.2 Å². The van der Waals surface area contributed by atoms with Gasteiger partial charge >= 0.3 is 6.09 Å². The van der Waals surface area contributed by atoms with Crippen molar-refractivity contribution in [3.63, 3.8) is 0 Å². The van der Waals surface area contributed by atoms with Crippen LogP contribution in [0.25, 0.3) is 0 Å². The van der Waals surface area contributed by atoms with Crippen molar-refractivity contribution in [3.05, 3.63) is 71.7 Å². The Morgan fingerprint density at radius 3 is 2.55 bits per heavy atom. The maximum atomic E-state index is 15.2. The fourth-order valence-corrected chi connectivity index (χ4v) is 3.69. The second kappa shape index (κ2) is 14.1.